The van der Waals surface area contributed by atoms with Gasteiger partial charge in [0.2, 0.25) is 0 Å². The third kappa shape index (κ3) is 3.50. The number of hydrogen-bond donors (Lipinski definition) is 2. The van der Waals surface area contributed by atoms with Crippen LogP contribution in [0.15, 0.2) is 36.7 Å². The van der Waals surface area contributed by atoms with Crippen LogP contribution in [0.1, 0.15) is 17.3 Å². The lowest BCUT2D eigenvalue weighted by molar-refractivity contribution is -0.385. The van der Waals surface area contributed by atoms with Crippen LogP contribution in [0.3, 0.4) is 0 Å². The van der Waals surface area contributed by atoms with E-state index >= 15 is 0 Å². The second-order valence-electron chi connectivity index (χ2n) is 4.05. The average molecular weight is 287 g/mol. The number of nitrogens with one attached hydrogen (secondary N) is 2. The van der Waals surface area contributed by atoms with Gasteiger partial charge in [0.05, 0.1) is 10.5 Å². The van der Waals surface area contributed by atoms with Gasteiger partial charge in [0.25, 0.3) is 11.6 Å². The fourth-order valence-electron chi connectivity index (χ4n) is 1.66. The molecular weight excluding hydrogens is 274 g/mol. The lowest BCUT2D eigenvalue weighted by atomic mass is 10.2. The largest absolute Gasteiger partial charge is 0.370 e. The molecule has 0 fully saturated rings. The standard InChI is InChI=1S/C13H13N5O3/c1-2-14-12-10(7-9(8-16-12)18(20)21)13(19)17-11-5-3-4-6-15-11/h3-8H,2H2,1H3,(H,14,16)(H,15,17,19). The molecule has 0 unspecified atom stereocenters. The Bertz CT molecular complexity index is 660. The SMILES string of the molecule is CCNc1ncc([N+](=O)[O-])cc1C(=O)Nc1ccccn1. The minimum Gasteiger partial charge on any atom is -0.370 e. The topological polar surface area (TPSA) is 110 Å². The number of hydrogen-bond acceptors (Lipinski definition) is 6. The molecule has 2 rings (SSSR count). The van der Waals surface area contributed by atoms with E-state index in [9.17, 15) is 14.9 Å². The first-order valence-electron chi connectivity index (χ1n) is 6.22. The summed E-state index contributed by atoms with van der Waals surface area (Å²) in [5.74, 6) is 0.133. The first-order valence-corrected chi connectivity index (χ1v) is 6.22. The summed E-state index contributed by atoms with van der Waals surface area (Å²) in [5, 5.41) is 16.3. The summed E-state index contributed by atoms with van der Waals surface area (Å²) < 4.78 is 0. The Kier molecular flexibility index (Phi) is 4.39. The summed E-state index contributed by atoms with van der Waals surface area (Å²) >= 11 is 0. The van der Waals surface area contributed by atoms with Crippen LogP contribution in [-0.2, 0) is 0 Å². The third-order valence-corrected chi connectivity index (χ3v) is 2.58. The van der Waals surface area contributed by atoms with Crippen molar-refractivity contribution in [3.05, 3.63) is 52.3 Å². The van der Waals surface area contributed by atoms with Gasteiger partial charge in [-0.15, -0.1) is 0 Å². The molecule has 8 nitrogen and oxygen atoms in total. The summed E-state index contributed by atoms with van der Waals surface area (Å²) in [7, 11) is 0. The summed E-state index contributed by atoms with van der Waals surface area (Å²) in [6.07, 6.45) is 2.64. The van der Waals surface area contributed by atoms with E-state index in [-0.39, 0.29) is 17.1 Å². The molecule has 0 saturated heterocycles. The zero-order valence-corrected chi connectivity index (χ0v) is 11.2. The lowest BCUT2D eigenvalue weighted by Gasteiger charge is -2.09. The maximum Gasteiger partial charge on any atom is 0.288 e. The van der Waals surface area contributed by atoms with Crippen molar-refractivity contribution in [1.29, 1.82) is 0 Å². The average Bonchev–Trinajstić information content (AvgIpc) is 2.48. The quantitative estimate of drug-likeness (QED) is 0.643. The molecule has 2 N–H and O–H groups in total. The number of carbonyl (C=O) groups excluding carboxylic acids is 1. The fourth-order valence-corrected chi connectivity index (χ4v) is 1.66. The molecule has 2 aromatic heterocycles. The molecular formula is C13H13N5O3. The minimum atomic E-state index is -0.597. The molecule has 0 bridgehead atoms. The molecule has 0 saturated carbocycles. The zero-order chi connectivity index (χ0) is 15.2. The van der Waals surface area contributed by atoms with Crippen LogP contribution in [0.2, 0.25) is 0 Å². The van der Waals surface area contributed by atoms with E-state index < -0.39 is 10.8 Å². The van der Waals surface area contributed by atoms with Crippen molar-refractivity contribution in [2.24, 2.45) is 0 Å². The number of nitrogens with zero attached hydrogens (tertiary/aromatic N) is 3. The van der Waals surface area contributed by atoms with E-state index in [0.717, 1.165) is 6.20 Å². The van der Waals surface area contributed by atoms with Crippen molar-refractivity contribution in [2.75, 3.05) is 17.2 Å². The Balaban J connectivity index is 2.33. The highest BCUT2D eigenvalue weighted by molar-refractivity contribution is 6.07. The number of anilines is 2. The van der Waals surface area contributed by atoms with E-state index in [1.807, 2.05) is 6.92 Å². The maximum atomic E-state index is 12.2. The monoisotopic (exact) mass is 287 g/mol. The number of pyridine rings is 2. The minimum absolute atomic E-state index is 0.0942. The highest BCUT2D eigenvalue weighted by Crippen LogP contribution is 2.20. The van der Waals surface area contributed by atoms with Crippen LogP contribution in [0.4, 0.5) is 17.3 Å². The van der Waals surface area contributed by atoms with Crippen molar-refractivity contribution in [1.82, 2.24) is 9.97 Å². The van der Waals surface area contributed by atoms with E-state index in [1.165, 1.54) is 12.3 Å². The number of amides is 1. The summed E-state index contributed by atoms with van der Waals surface area (Å²) in [4.78, 5) is 30.3. The van der Waals surface area contributed by atoms with Crippen molar-refractivity contribution < 1.29 is 9.72 Å². The first-order chi connectivity index (χ1) is 10.1. The smallest absolute Gasteiger partial charge is 0.288 e. The van der Waals surface area contributed by atoms with Gasteiger partial charge in [-0.3, -0.25) is 14.9 Å². The van der Waals surface area contributed by atoms with Crippen LogP contribution in [0, 0.1) is 10.1 Å². The van der Waals surface area contributed by atoms with E-state index in [1.54, 1.807) is 18.2 Å². The highest BCUT2D eigenvalue weighted by Gasteiger charge is 2.18. The third-order valence-electron chi connectivity index (χ3n) is 2.58. The normalized spacial score (nSPS) is 9.95. The molecule has 0 aliphatic heterocycles. The second-order valence-corrected chi connectivity index (χ2v) is 4.05. The highest BCUT2D eigenvalue weighted by atomic mass is 16.6. The van der Waals surface area contributed by atoms with Crippen molar-refractivity contribution in [3.8, 4) is 0 Å². The summed E-state index contributed by atoms with van der Waals surface area (Å²) in [6, 6.07) is 6.24. The van der Waals surface area contributed by atoms with Crippen LogP contribution >= 0.6 is 0 Å². The Hall–Kier alpha value is -3.03. The molecule has 2 heterocycles. The van der Waals surface area contributed by atoms with Gasteiger partial charge in [0, 0.05) is 18.8 Å². The zero-order valence-electron chi connectivity index (χ0n) is 11.2. The maximum absolute atomic E-state index is 12.2. The lowest BCUT2D eigenvalue weighted by Crippen LogP contribution is -2.16. The van der Waals surface area contributed by atoms with Crippen LogP contribution < -0.4 is 10.6 Å². The van der Waals surface area contributed by atoms with Crippen molar-refractivity contribution >= 4 is 23.2 Å². The van der Waals surface area contributed by atoms with Gasteiger partial charge in [-0.2, -0.15) is 0 Å². The van der Waals surface area contributed by atoms with Crippen molar-refractivity contribution in [3.63, 3.8) is 0 Å². The number of rotatable bonds is 5. The number of carbonyl (C=O) groups is 1. The molecule has 0 atom stereocenters. The van der Waals surface area contributed by atoms with Gasteiger partial charge in [-0.25, -0.2) is 9.97 Å². The molecule has 0 aliphatic rings. The van der Waals surface area contributed by atoms with Gasteiger partial charge in [-0.1, -0.05) is 6.07 Å². The van der Waals surface area contributed by atoms with Gasteiger partial charge in [0.15, 0.2) is 0 Å². The molecule has 0 spiro atoms. The van der Waals surface area contributed by atoms with E-state index in [2.05, 4.69) is 20.6 Å². The molecule has 108 valence electrons. The fraction of sp³-hybridized carbons (Fsp3) is 0.154. The summed E-state index contributed by atoms with van der Waals surface area (Å²) in [5.41, 5.74) is -0.153. The van der Waals surface area contributed by atoms with Crippen molar-refractivity contribution in [2.45, 2.75) is 6.92 Å². The Morgan fingerprint density at radius 2 is 2.19 bits per heavy atom. The molecule has 1 amide bonds. The molecule has 0 aliphatic carbocycles. The van der Waals surface area contributed by atoms with Crippen LogP contribution in [-0.4, -0.2) is 27.3 Å². The number of aromatic nitrogens is 2. The molecule has 2 aromatic rings. The second kappa shape index (κ2) is 6.42. The van der Waals surface area contributed by atoms with Gasteiger partial charge < -0.3 is 10.6 Å². The number of nitro groups is 1. The Morgan fingerprint density at radius 3 is 2.81 bits per heavy atom. The first kappa shape index (κ1) is 14.4. The van der Waals surface area contributed by atoms with Crippen LogP contribution in [0.5, 0.6) is 0 Å². The molecule has 8 heteroatoms. The predicted octanol–water partition coefficient (Wildman–Crippen LogP) is 2.07. The molecule has 0 radical (unpaired) electrons. The van der Waals surface area contributed by atoms with E-state index in [0.29, 0.717) is 12.4 Å². The van der Waals surface area contributed by atoms with E-state index in [4.69, 9.17) is 0 Å². The van der Waals surface area contributed by atoms with Gasteiger partial charge in [-0.05, 0) is 19.1 Å². The Labute approximate surface area is 120 Å². The predicted molar refractivity (Wildman–Crippen MR) is 77.2 cm³/mol. The Morgan fingerprint density at radius 1 is 1.38 bits per heavy atom. The summed E-state index contributed by atoms with van der Waals surface area (Å²) in [6.45, 7) is 2.37. The molecule has 0 aromatic carbocycles. The molecule has 21 heavy (non-hydrogen) atoms. The van der Waals surface area contributed by atoms with Gasteiger partial charge in [0.1, 0.15) is 17.8 Å². The van der Waals surface area contributed by atoms with Gasteiger partial charge >= 0.3 is 0 Å². The van der Waals surface area contributed by atoms with Crippen LogP contribution in [0.25, 0.3) is 0 Å².